The fourth-order valence-electron chi connectivity index (χ4n) is 1.46. The van der Waals surface area contributed by atoms with Crippen molar-refractivity contribution in [3.63, 3.8) is 0 Å². The molecule has 0 aromatic rings. The molecule has 4 nitrogen and oxygen atoms in total. The number of alkyl carbamates (subject to hydrolysis) is 1. The Bertz CT molecular complexity index is 250. The molecule has 0 spiro atoms. The first-order chi connectivity index (χ1) is 7.26. The zero-order valence-electron chi connectivity index (χ0n) is 9.17. The van der Waals surface area contributed by atoms with Gasteiger partial charge in [0.1, 0.15) is 0 Å². The molecule has 0 aromatic carbocycles. The van der Waals surface area contributed by atoms with Crippen LogP contribution in [-0.2, 0) is 4.74 Å². The Labute approximate surface area is 91.7 Å². The van der Waals surface area contributed by atoms with Gasteiger partial charge in [0.25, 0.3) is 0 Å². The van der Waals surface area contributed by atoms with E-state index >= 15 is 0 Å². The second-order valence-electron chi connectivity index (χ2n) is 4.10. The third kappa shape index (κ3) is 4.69. The fraction of sp³-hybridized carbons (Fsp3) is 0.889. The average Bonchev–Trinajstić information content (AvgIpc) is 1.95. The van der Waals surface area contributed by atoms with Crippen LogP contribution in [0.15, 0.2) is 0 Å². The van der Waals surface area contributed by atoms with Gasteiger partial charge >= 0.3 is 12.3 Å². The van der Waals surface area contributed by atoms with Crippen LogP contribution in [0.1, 0.15) is 13.8 Å². The van der Waals surface area contributed by atoms with Crippen LogP contribution >= 0.6 is 0 Å². The van der Waals surface area contributed by atoms with Gasteiger partial charge in [-0.3, -0.25) is 4.90 Å². The van der Waals surface area contributed by atoms with Crippen molar-refractivity contribution in [3.05, 3.63) is 0 Å². The second-order valence-corrected chi connectivity index (χ2v) is 4.10. The molecule has 1 saturated heterocycles. The first-order valence-corrected chi connectivity index (χ1v) is 5.02. The van der Waals surface area contributed by atoms with Crippen molar-refractivity contribution >= 4 is 6.09 Å². The van der Waals surface area contributed by atoms with E-state index in [0.29, 0.717) is 0 Å². The summed E-state index contributed by atoms with van der Waals surface area (Å²) in [6.07, 6.45) is -4.98. The van der Waals surface area contributed by atoms with E-state index in [-0.39, 0.29) is 25.2 Å². The van der Waals surface area contributed by atoms with Crippen LogP contribution in [-0.4, -0.2) is 48.9 Å². The average molecular weight is 240 g/mol. The number of hydrogen-bond acceptors (Lipinski definition) is 3. The number of carbonyl (C=O) groups is 1. The van der Waals surface area contributed by atoms with Gasteiger partial charge in [-0.1, -0.05) is 0 Å². The van der Waals surface area contributed by atoms with Gasteiger partial charge in [-0.25, -0.2) is 4.79 Å². The van der Waals surface area contributed by atoms with E-state index in [1.54, 1.807) is 13.8 Å². The number of carbonyl (C=O) groups excluding carboxylic acids is 1. The summed E-state index contributed by atoms with van der Waals surface area (Å²) < 4.78 is 40.6. The molecule has 1 heterocycles. The number of likely N-dealkylation sites (tertiary alicyclic amines) is 1. The van der Waals surface area contributed by atoms with Gasteiger partial charge in [0.15, 0.2) is 0 Å². The summed E-state index contributed by atoms with van der Waals surface area (Å²) in [5.41, 5.74) is 0. The number of hydrogen-bond donors (Lipinski definition) is 1. The first kappa shape index (κ1) is 13.1. The largest absolute Gasteiger partial charge is 0.447 e. The third-order valence-corrected chi connectivity index (χ3v) is 2.02. The molecule has 94 valence electrons. The molecule has 0 radical (unpaired) electrons. The lowest BCUT2D eigenvalue weighted by atomic mass is 10.1. The summed E-state index contributed by atoms with van der Waals surface area (Å²) in [6.45, 7) is 2.91. The molecule has 0 atom stereocenters. The standard InChI is InChI=1S/C9H15F3N2O2/c1-6(2)16-8(15)13-7-3-14(4-7)5-9(10,11)12/h6-7H,3-5H2,1-2H3,(H,13,15). The van der Waals surface area contributed by atoms with Gasteiger partial charge in [0.2, 0.25) is 0 Å². The maximum atomic E-state index is 11.9. The summed E-state index contributed by atoms with van der Waals surface area (Å²) in [7, 11) is 0. The highest BCUT2D eigenvalue weighted by atomic mass is 19.4. The van der Waals surface area contributed by atoms with Gasteiger partial charge in [-0.15, -0.1) is 0 Å². The van der Waals surface area contributed by atoms with Crippen molar-refractivity contribution < 1.29 is 22.7 Å². The van der Waals surface area contributed by atoms with Gasteiger partial charge < -0.3 is 10.1 Å². The van der Waals surface area contributed by atoms with Crippen molar-refractivity contribution in [2.45, 2.75) is 32.2 Å². The molecular formula is C9H15F3N2O2. The highest BCUT2D eigenvalue weighted by molar-refractivity contribution is 5.68. The van der Waals surface area contributed by atoms with Crippen molar-refractivity contribution in [1.82, 2.24) is 10.2 Å². The Morgan fingerprint density at radius 1 is 1.50 bits per heavy atom. The summed E-state index contributed by atoms with van der Waals surface area (Å²) in [5.74, 6) is 0. The van der Waals surface area contributed by atoms with Crippen LogP contribution in [0.3, 0.4) is 0 Å². The van der Waals surface area contributed by atoms with E-state index in [9.17, 15) is 18.0 Å². The lowest BCUT2D eigenvalue weighted by molar-refractivity contribution is -0.155. The second kappa shape index (κ2) is 4.90. The lowest BCUT2D eigenvalue weighted by Gasteiger charge is -2.39. The molecule has 1 aliphatic heterocycles. The van der Waals surface area contributed by atoms with E-state index in [4.69, 9.17) is 4.74 Å². The number of amides is 1. The Morgan fingerprint density at radius 3 is 2.50 bits per heavy atom. The topological polar surface area (TPSA) is 41.6 Å². The Hall–Kier alpha value is -0.980. The van der Waals surface area contributed by atoms with Gasteiger partial charge in [0.05, 0.1) is 18.7 Å². The Morgan fingerprint density at radius 2 is 2.06 bits per heavy atom. The molecule has 0 unspecified atom stereocenters. The molecule has 0 aliphatic carbocycles. The smallest absolute Gasteiger partial charge is 0.407 e. The van der Waals surface area contributed by atoms with E-state index < -0.39 is 18.8 Å². The monoisotopic (exact) mass is 240 g/mol. The molecule has 0 aromatic heterocycles. The quantitative estimate of drug-likeness (QED) is 0.810. The Kier molecular flexibility index (Phi) is 4.01. The lowest BCUT2D eigenvalue weighted by Crippen LogP contribution is -2.61. The number of nitrogens with one attached hydrogen (secondary N) is 1. The van der Waals surface area contributed by atoms with E-state index in [1.807, 2.05) is 0 Å². The van der Waals surface area contributed by atoms with Crippen LogP contribution in [0.5, 0.6) is 0 Å². The number of nitrogens with zero attached hydrogens (tertiary/aromatic N) is 1. The highest BCUT2D eigenvalue weighted by Gasteiger charge is 2.37. The molecule has 1 N–H and O–H groups in total. The summed E-state index contributed by atoms with van der Waals surface area (Å²) in [4.78, 5) is 12.3. The highest BCUT2D eigenvalue weighted by Crippen LogP contribution is 2.20. The fourth-order valence-corrected chi connectivity index (χ4v) is 1.46. The van der Waals surface area contributed by atoms with Crippen LogP contribution < -0.4 is 5.32 Å². The van der Waals surface area contributed by atoms with E-state index in [2.05, 4.69) is 5.32 Å². The van der Waals surface area contributed by atoms with Gasteiger partial charge in [-0.05, 0) is 13.8 Å². The molecule has 7 heteroatoms. The normalized spacial score (nSPS) is 18.4. The molecule has 1 aliphatic rings. The van der Waals surface area contributed by atoms with Crippen molar-refractivity contribution in [3.8, 4) is 0 Å². The first-order valence-electron chi connectivity index (χ1n) is 5.02. The zero-order chi connectivity index (χ0) is 12.3. The third-order valence-electron chi connectivity index (χ3n) is 2.02. The molecule has 0 saturated carbocycles. The summed E-state index contributed by atoms with van der Waals surface area (Å²) in [6, 6.07) is -0.242. The number of halogens is 3. The van der Waals surface area contributed by atoms with Crippen molar-refractivity contribution in [2.24, 2.45) is 0 Å². The molecule has 1 rings (SSSR count). The van der Waals surface area contributed by atoms with E-state index in [0.717, 1.165) is 0 Å². The predicted octanol–water partition coefficient (Wildman–Crippen LogP) is 1.37. The molecular weight excluding hydrogens is 225 g/mol. The number of alkyl halides is 3. The Balaban J connectivity index is 2.14. The summed E-state index contributed by atoms with van der Waals surface area (Å²) in [5, 5.41) is 2.49. The molecule has 1 amide bonds. The minimum atomic E-state index is -4.18. The number of rotatable bonds is 3. The predicted molar refractivity (Wildman–Crippen MR) is 51.0 cm³/mol. The number of ether oxygens (including phenoxy) is 1. The molecule has 1 fully saturated rings. The van der Waals surface area contributed by atoms with Gasteiger partial charge in [-0.2, -0.15) is 13.2 Å². The van der Waals surface area contributed by atoms with Gasteiger partial charge in [0, 0.05) is 13.1 Å². The molecule has 0 bridgehead atoms. The molecule has 16 heavy (non-hydrogen) atoms. The zero-order valence-corrected chi connectivity index (χ0v) is 9.17. The van der Waals surface area contributed by atoms with Crippen molar-refractivity contribution in [1.29, 1.82) is 0 Å². The minimum absolute atomic E-state index is 0.215. The maximum absolute atomic E-state index is 11.9. The maximum Gasteiger partial charge on any atom is 0.407 e. The van der Waals surface area contributed by atoms with Crippen LogP contribution in [0, 0.1) is 0 Å². The van der Waals surface area contributed by atoms with Crippen LogP contribution in [0.25, 0.3) is 0 Å². The minimum Gasteiger partial charge on any atom is -0.447 e. The van der Waals surface area contributed by atoms with E-state index in [1.165, 1.54) is 4.90 Å². The van der Waals surface area contributed by atoms with Crippen molar-refractivity contribution in [2.75, 3.05) is 19.6 Å². The summed E-state index contributed by atoms with van der Waals surface area (Å²) >= 11 is 0. The van der Waals surface area contributed by atoms with Crippen LogP contribution in [0.2, 0.25) is 0 Å². The van der Waals surface area contributed by atoms with Crippen LogP contribution in [0.4, 0.5) is 18.0 Å². The SMILES string of the molecule is CC(C)OC(=O)NC1CN(CC(F)(F)F)C1.